The van der Waals surface area contributed by atoms with Crippen molar-refractivity contribution in [3.8, 4) is 6.07 Å². The molecule has 0 aliphatic rings. The molecule has 0 radical (unpaired) electrons. The molecule has 0 spiro atoms. The Labute approximate surface area is 109 Å². The third kappa shape index (κ3) is 3.19. The molecule has 0 saturated carbocycles. The number of hydrogen-bond donors (Lipinski definition) is 3. The molecule has 4 N–H and O–H groups in total. The normalized spacial score (nSPS) is 11.9. The maximum absolute atomic E-state index is 13.5. The van der Waals surface area contributed by atoms with E-state index in [9.17, 15) is 22.0 Å². The van der Waals surface area contributed by atoms with Gasteiger partial charge < -0.3 is 5.73 Å². The standard InChI is InChI=1S/C10H6F5N5/c11-4-1-2-5(8(12)7(4)10(13,14)15)19-20-6(3-16)9(17)18/h1-2,19H,(H3,17,18)/b20-6+. The molecule has 1 rings (SSSR count). The number of nitrogens with two attached hydrogens (primary N) is 1. The molecular weight excluding hydrogens is 285 g/mol. The average molecular weight is 291 g/mol. The van der Waals surface area contributed by atoms with Crippen LogP contribution in [0.2, 0.25) is 0 Å². The summed E-state index contributed by atoms with van der Waals surface area (Å²) < 4.78 is 63.8. The highest BCUT2D eigenvalue weighted by molar-refractivity contribution is 6.45. The number of alkyl halides is 3. The van der Waals surface area contributed by atoms with Gasteiger partial charge in [0.1, 0.15) is 17.4 Å². The third-order valence-electron chi connectivity index (χ3n) is 2.02. The number of halogens is 5. The number of hydrazone groups is 1. The Morgan fingerprint density at radius 3 is 2.40 bits per heavy atom. The zero-order valence-electron chi connectivity index (χ0n) is 9.52. The fraction of sp³-hybridized carbons (Fsp3) is 0.100. The smallest absolute Gasteiger partial charge is 0.382 e. The molecule has 1 aromatic rings. The lowest BCUT2D eigenvalue weighted by molar-refractivity contribution is -0.142. The van der Waals surface area contributed by atoms with Crippen molar-refractivity contribution in [2.75, 3.05) is 5.43 Å². The van der Waals surface area contributed by atoms with Crippen molar-refractivity contribution in [2.24, 2.45) is 10.8 Å². The first-order valence-electron chi connectivity index (χ1n) is 4.82. The van der Waals surface area contributed by atoms with Gasteiger partial charge in [0.25, 0.3) is 0 Å². The van der Waals surface area contributed by atoms with Crippen molar-refractivity contribution in [1.29, 1.82) is 10.7 Å². The highest BCUT2D eigenvalue weighted by atomic mass is 19.4. The molecular formula is C10H6F5N5. The van der Waals surface area contributed by atoms with E-state index in [-0.39, 0.29) is 0 Å². The van der Waals surface area contributed by atoms with E-state index in [1.54, 1.807) is 5.43 Å². The van der Waals surface area contributed by atoms with Crippen LogP contribution in [0.25, 0.3) is 0 Å². The maximum Gasteiger partial charge on any atom is 0.422 e. The van der Waals surface area contributed by atoms with Gasteiger partial charge in [0.05, 0.1) is 5.69 Å². The molecule has 0 aromatic heterocycles. The van der Waals surface area contributed by atoms with Gasteiger partial charge in [-0.2, -0.15) is 23.5 Å². The minimum atomic E-state index is -5.23. The number of amidine groups is 1. The second-order valence-electron chi connectivity index (χ2n) is 3.38. The fourth-order valence-electron chi connectivity index (χ4n) is 1.16. The van der Waals surface area contributed by atoms with Crippen molar-refractivity contribution in [3.63, 3.8) is 0 Å². The van der Waals surface area contributed by atoms with E-state index in [0.717, 1.165) is 0 Å². The summed E-state index contributed by atoms with van der Waals surface area (Å²) in [5, 5.41) is 18.5. The fourth-order valence-corrected chi connectivity index (χ4v) is 1.16. The van der Waals surface area contributed by atoms with Crippen LogP contribution < -0.4 is 11.2 Å². The Hall–Kier alpha value is -2.70. The number of nitriles is 1. The van der Waals surface area contributed by atoms with Crippen molar-refractivity contribution >= 4 is 17.2 Å². The minimum Gasteiger partial charge on any atom is -0.382 e. The van der Waals surface area contributed by atoms with E-state index < -0.39 is 40.6 Å². The Morgan fingerprint density at radius 1 is 1.35 bits per heavy atom. The molecule has 0 bridgehead atoms. The van der Waals surface area contributed by atoms with E-state index in [2.05, 4.69) is 5.10 Å². The van der Waals surface area contributed by atoms with E-state index in [0.29, 0.717) is 12.1 Å². The largest absolute Gasteiger partial charge is 0.422 e. The summed E-state index contributed by atoms with van der Waals surface area (Å²) >= 11 is 0. The molecule has 20 heavy (non-hydrogen) atoms. The molecule has 106 valence electrons. The Morgan fingerprint density at radius 2 is 1.95 bits per heavy atom. The number of benzene rings is 1. The van der Waals surface area contributed by atoms with E-state index in [1.165, 1.54) is 6.07 Å². The van der Waals surface area contributed by atoms with Crippen LogP contribution in [-0.2, 0) is 6.18 Å². The molecule has 0 aliphatic heterocycles. The lowest BCUT2D eigenvalue weighted by atomic mass is 10.1. The first-order chi connectivity index (χ1) is 9.18. The molecule has 5 nitrogen and oxygen atoms in total. The number of hydrogen-bond acceptors (Lipinski definition) is 4. The highest BCUT2D eigenvalue weighted by Gasteiger charge is 2.38. The van der Waals surface area contributed by atoms with Crippen LogP contribution in [0.1, 0.15) is 5.56 Å². The summed E-state index contributed by atoms with van der Waals surface area (Å²) in [4.78, 5) is 0. The molecule has 10 heteroatoms. The lowest BCUT2D eigenvalue weighted by Gasteiger charge is -2.11. The Bertz CT molecular complexity index is 614. The van der Waals surface area contributed by atoms with Crippen molar-refractivity contribution in [2.45, 2.75) is 6.18 Å². The first-order valence-corrected chi connectivity index (χ1v) is 4.82. The van der Waals surface area contributed by atoms with Gasteiger partial charge in [0.2, 0.25) is 5.71 Å². The first kappa shape index (κ1) is 15.4. The van der Waals surface area contributed by atoms with Crippen LogP contribution in [0, 0.1) is 28.4 Å². The summed E-state index contributed by atoms with van der Waals surface area (Å²) in [5.41, 5.74) is 3.16. The molecule has 0 amide bonds. The monoisotopic (exact) mass is 291 g/mol. The summed E-state index contributed by atoms with van der Waals surface area (Å²) in [6, 6.07) is 2.42. The van der Waals surface area contributed by atoms with Crippen LogP contribution in [0.4, 0.5) is 27.6 Å². The minimum absolute atomic E-state index is 0.392. The number of nitrogens with zero attached hydrogens (tertiary/aromatic N) is 2. The molecule has 0 aliphatic carbocycles. The van der Waals surface area contributed by atoms with Gasteiger partial charge in [-0.05, 0) is 12.1 Å². The molecule has 0 unspecified atom stereocenters. The van der Waals surface area contributed by atoms with Crippen LogP contribution in [-0.4, -0.2) is 11.5 Å². The van der Waals surface area contributed by atoms with E-state index in [4.69, 9.17) is 16.4 Å². The quantitative estimate of drug-likeness (QED) is 0.344. The summed E-state index contributed by atoms with van der Waals surface area (Å²) in [6.07, 6.45) is -5.23. The number of anilines is 1. The highest BCUT2D eigenvalue weighted by Crippen LogP contribution is 2.36. The van der Waals surface area contributed by atoms with Crippen molar-refractivity contribution in [1.82, 2.24) is 0 Å². The summed E-state index contributed by atoms with van der Waals surface area (Å²) in [6.45, 7) is 0. The molecule has 0 atom stereocenters. The maximum atomic E-state index is 13.5. The van der Waals surface area contributed by atoms with Crippen LogP contribution in [0.15, 0.2) is 17.2 Å². The SMILES string of the molecule is N#C/C(=N\Nc1ccc(F)c(C(F)(F)F)c1F)C(=N)N. The van der Waals surface area contributed by atoms with Crippen LogP contribution >= 0.6 is 0 Å². The van der Waals surface area contributed by atoms with Gasteiger partial charge in [-0.3, -0.25) is 10.8 Å². The second kappa shape index (κ2) is 5.52. The third-order valence-corrected chi connectivity index (χ3v) is 2.02. The van der Waals surface area contributed by atoms with E-state index in [1.807, 2.05) is 0 Å². The van der Waals surface area contributed by atoms with Crippen LogP contribution in [0.3, 0.4) is 0 Å². The van der Waals surface area contributed by atoms with E-state index >= 15 is 0 Å². The zero-order valence-corrected chi connectivity index (χ0v) is 9.52. The van der Waals surface area contributed by atoms with Gasteiger partial charge in [0.15, 0.2) is 11.7 Å². The van der Waals surface area contributed by atoms with Gasteiger partial charge in [-0.1, -0.05) is 0 Å². The predicted octanol–water partition coefficient (Wildman–Crippen LogP) is 2.21. The number of rotatable bonds is 3. The van der Waals surface area contributed by atoms with Gasteiger partial charge in [-0.15, -0.1) is 0 Å². The topological polar surface area (TPSA) is 98.0 Å². The van der Waals surface area contributed by atoms with Crippen molar-refractivity contribution < 1.29 is 22.0 Å². The average Bonchev–Trinajstić information content (AvgIpc) is 2.30. The molecule has 0 saturated heterocycles. The predicted molar refractivity (Wildman–Crippen MR) is 59.9 cm³/mol. The zero-order chi connectivity index (χ0) is 15.5. The summed E-state index contributed by atoms with van der Waals surface area (Å²) in [7, 11) is 0. The van der Waals surface area contributed by atoms with Crippen molar-refractivity contribution in [3.05, 3.63) is 29.3 Å². The van der Waals surface area contributed by atoms with Gasteiger partial charge >= 0.3 is 6.18 Å². The van der Waals surface area contributed by atoms with Gasteiger partial charge in [0, 0.05) is 0 Å². The summed E-state index contributed by atoms with van der Waals surface area (Å²) in [5.74, 6) is -4.46. The molecule has 1 aromatic carbocycles. The number of nitrogens with one attached hydrogen (secondary N) is 2. The Balaban J connectivity index is 3.24. The second-order valence-corrected chi connectivity index (χ2v) is 3.38. The van der Waals surface area contributed by atoms with Crippen LogP contribution in [0.5, 0.6) is 0 Å². The molecule has 0 heterocycles. The molecule has 0 fully saturated rings. The lowest BCUT2D eigenvalue weighted by Crippen LogP contribution is -2.22. The Kier molecular flexibility index (Phi) is 4.24. The van der Waals surface area contributed by atoms with Gasteiger partial charge in [-0.25, -0.2) is 8.78 Å².